The summed E-state index contributed by atoms with van der Waals surface area (Å²) in [5.74, 6) is -0.427. The second-order valence-electron chi connectivity index (χ2n) is 3.86. The van der Waals surface area contributed by atoms with E-state index in [0.717, 1.165) is 5.56 Å². The molecule has 84 valence electrons. The summed E-state index contributed by atoms with van der Waals surface area (Å²) in [7, 11) is 0. The van der Waals surface area contributed by atoms with Crippen LogP contribution in [-0.2, 0) is 6.42 Å². The SMILES string of the molecule is CCC(O)(CC)Cc1ccc(Cl)c(F)c1. The molecular formula is C12H16ClFO. The van der Waals surface area contributed by atoms with Gasteiger partial charge in [-0.15, -0.1) is 0 Å². The molecule has 0 amide bonds. The van der Waals surface area contributed by atoms with Gasteiger partial charge in [-0.2, -0.15) is 0 Å². The van der Waals surface area contributed by atoms with Gasteiger partial charge in [0, 0.05) is 6.42 Å². The molecular weight excluding hydrogens is 215 g/mol. The lowest BCUT2D eigenvalue weighted by molar-refractivity contribution is 0.0326. The third kappa shape index (κ3) is 3.18. The van der Waals surface area contributed by atoms with Crippen LogP contribution in [-0.4, -0.2) is 10.7 Å². The van der Waals surface area contributed by atoms with Gasteiger partial charge in [0.15, 0.2) is 0 Å². The second kappa shape index (κ2) is 4.95. The highest BCUT2D eigenvalue weighted by Gasteiger charge is 2.22. The van der Waals surface area contributed by atoms with Gasteiger partial charge in [-0.3, -0.25) is 0 Å². The minimum atomic E-state index is -0.736. The van der Waals surface area contributed by atoms with Gasteiger partial charge in [0.1, 0.15) is 5.82 Å². The highest BCUT2D eigenvalue weighted by molar-refractivity contribution is 6.30. The zero-order valence-electron chi connectivity index (χ0n) is 9.06. The number of rotatable bonds is 4. The molecule has 0 aromatic heterocycles. The van der Waals surface area contributed by atoms with E-state index in [0.29, 0.717) is 19.3 Å². The van der Waals surface area contributed by atoms with Crippen molar-refractivity contribution in [3.05, 3.63) is 34.6 Å². The Hall–Kier alpha value is -0.600. The van der Waals surface area contributed by atoms with E-state index in [9.17, 15) is 9.50 Å². The van der Waals surface area contributed by atoms with Crippen molar-refractivity contribution in [2.75, 3.05) is 0 Å². The summed E-state index contributed by atoms with van der Waals surface area (Å²) in [6.07, 6.45) is 1.79. The Morgan fingerprint density at radius 3 is 2.40 bits per heavy atom. The summed E-state index contributed by atoms with van der Waals surface area (Å²) >= 11 is 5.58. The molecule has 0 spiro atoms. The summed E-state index contributed by atoms with van der Waals surface area (Å²) in [5.41, 5.74) is 0.0448. The first-order chi connectivity index (χ1) is 7.00. The fourth-order valence-electron chi connectivity index (χ4n) is 1.53. The highest BCUT2D eigenvalue weighted by Crippen LogP contribution is 2.23. The number of hydrogen-bond donors (Lipinski definition) is 1. The Labute approximate surface area is 94.9 Å². The predicted octanol–water partition coefficient (Wildman–Crippen LogP) is 3.57. The van der Waals surface area contributed by atoms with Crippen LogP contribution in [0, 0.1) is 5.82 Å². The van der Waals surface area contributed by atoms with Crippen LogP contribution in [0.1, 0.15) is 32.3 Å². The van der Waals surface area contributed by atoms with Crippen molar-refractivity contribution in [3.63, 3.8) is 0 Å². The molecule has 3 heteroatoms. The predicted molar refractivity (Wildman–Crippen MR) is 60.6 cm³/mol. The monoisotopic (exact) mass is 230 g/mol. The van der Waals surface area contributed by atoms with Crippen molar-refractivity contribution in [2.24, 2.45) is 0 Å². The lowest BCUT2D eigenvalue weighted by Crippen LogP contribution is -2.29. The molecule has 0 radical (unpaired) electrons. The normalized spacial score (nSPS) is 11.8. The maximum atomic E-state index is 13.1. The molecule has 1 nitrogen and oxygen atoms in total. The zero-order chi connectivity index (χ0) is 11.5. The van der Waals surface area contributed by atoms with Crippen LogP contribution in [0.5, 0.6) is 0 Å². The van der Waals surface area contributed by atoms with Crippen molar-refractivity contribution in [1.82, 2.24) is 0 Å². The van der Waals surface area contributed by atoms with Crippen LogP contribution in [0.3, 0.4) is 0 Å². The maximum Gasteiger partial charge on any atom is 0.142 e. The van der Waals surface area contributed by atoms with Gasteiger partial charge >= 0.3 is 0 Å². The van der Waals surface area contributed by atoms with E-state index in [1.54, 1.807) is 6.07 Å². The number of benzene rings is 1. The van der Waals surface area contributed by atoms with E-state index >= 15 is 0 Å². The Morgan fingerprint density at radius 2 is 1.93 bits per heavy atom. The third-order valence-corrected chi connectivity index (χ3v) is 3.14. The fourth-order valence-corrected chi connectivity index (χ4v) is 1.65. The molecule has 15 heavy (non-hydrogen) atoms. The van der Waals surface area contributed by atoms with Gasteiger partial charge in [0.05, 0.1) is 10.6 Å². The Balaban J connectivity index is 2.85. The minimum Gasteiger partial charge on any atom is -0.390 e. The molecule has 1 rings (SSSR count). The largest absolute Gasteiger partial charge is 0.390 e. The van der Waals surface area contributed by atoms with Gasteiger partial charge in [0.25, 0.3) is 0 Å². The van der Waals surface area contributed by atoms with Crippen LogP contribution in [0.4, 0.5) is 4.39 Å². The lowest BCUT2D eigenvalue weighted by Gasteiger charge is -2.25. The number of hydrogen-bond acceptors (Lipinski definition) is 1. The van der Waals surface area contributed by atoms with E-state index < -0.39 is 11.4 Å². The maximum absolute atomic E-state index is 13.1. The van der Waals surface area contributed by atoms with Crippen molar-refractivity contribution in [3.8, 4) is 0 Å². The minimum absolute atomic E-state index is 0.121. The van der Waals surface area contributed by atoms with Gasteiger partial charge < -0.3 is 5.11 Å². The van der Waals surface area contributed by atoms with E-state index in [4.69, 9.17) is 11.6 Å². The van der Waals surface area contributed by atoms with Crippen LogP contribution in [0.15, 0.2) is 18.2 Å². The molecule has 1 N–H and O–H groups in total. The standard InChI is InChI=1S/C12H16ClFO/c1-3-12(15,4-2)8-9-5-6-10(13)11(14)7-9/h5-7,15H,3-4,8H2,1-2H3. The van der Waals surface area contributed by atoms with Crippen molar-refractivity contribution in [1.29, 1.82) is 0 Å². The van der Waals surface area contributed by atoms with Gasteiger partial charge in [-0.05, 0) is 30.5 Å². The summed E-state index contributed by atoms with van der Waals surface area (Å²) in [6, 6.07) is 4.66. The molecule has 0 atom stereocenters. The fraction of sp³-hybridized carbons (Fsp3) is 0.500. The average Bonchev–Trinajstić information content (AvgIpc) is 2.23. The van der Waals surface area contributed by atoms with E-state index in [-0.39, 0.29) is 5.02 Å². The first-order valence-electron chi connectivity index (χ1n) is 5.17. The van der Waals surface area contributed by atoms with E-state index in [2.05, 4.69) is 0 Å². The summed E-state index contributed by atoms with van der Waals surface area (Å²) < 4.78 is 13.1. The quantitative estimate of drug-likeness (QED) is 0.839. The highest BCUT2D eigenvalue weighted by atomic mass is 35.5. The van der Waals surface area contributed by atoms with E-state index in [1.165, 1.54) is 12.1 Å². The van der Waals surface area contributed by atoms with Crippen molar-refractivity contribution in [2.45, 2.75) is 38.7 Å². The molecule has 0 aliphatic heterocycles. The summed E-state index contributed by atoms with van der Waals surface area (Å²) in [4.78, 5) is 0. The molecule has 0 heterocycles. The molecule has 0 unspecified atom stereocenters. The molecule has 0 fully saturated rings. The Kier molecular flexibility index (Phi) is 4.12. The van der Waals surface area contributed by atoms with Gasteiger partial charge in [-0.1, -0.05) is 31.5 Å². The van der Waals surface area contributed by atoms with E-state index in [1.807, 2.05) is 13.8 Å². The number of aliphatic hydroxyl groups is 1. The molecule has 1 aromatic carbocycles. The second-order valence-corrected chi connectivity index (χ2v) is 4.26. The average molecular weight is 231 g/mol. The molecule has 0 saturated carbocycles. The third-order valence-electron chi connectivity index (χ3n) is 2.83. The zero-order valence-corrected chi connectivity index (χ0v) is 9.81. The first-order valence-corrected chi connectivity index (χ1v) is 5.55. The molecule has 0 aliphatic carbocycles. The van der Waals surface area contributed by atoms with Crippen LogP contribution in [0.25, 0.3) is 0 Å². The van der Waals surface area contributed by atoms with Gasteiger partial charge in [0.2, 0.25) is 0 Å². The molecule has 1 aromatic rings. The van der Waals surface area contributed by atoms with Crippen LogP contribution in [0.2, 0.25) is 5.02 Å². The van der Waals surface area contributed by atoms with Crippen molar-refractivity contribution < 1.29 is 9.50 Å². The lowest BCUT2D eigenvalue weighted by atomic mass is 9.89. The molecule has 0 aliphatic rings. The Morgan fingerprint density at radius 1 is 1.33 bits per heavy atom. The Bertz CT molecular complexity index is 334. The summed E-state index contributed by atoms with van der Waals surface area (Å²) in [5, 5.41) is 10.2. The summed E-state index contributed by atoms with van der Waals surface area (Å²) in [6.45, 7) is 3.85. The number of halogens is 2. The topological polar surface area (TPSA) is 20.2 Å². The van der Waals surface area contributed by atoms with Crippen LogP contribution >= 0.6 is 11.6 Å². The molecule has 0 bridgehead atoms. The van der Waals surface area contributed by atoms with Crippen molar-refractivity contribution >= 4 is 11.6 Å². The van der Waals surface area contributed by atoms with Crippen LogP contribution < -0.4 is 0 Å². The first kappa shape index (κ1) is 12.5. The smallest absolute Gasteiger partial charge is 0.142 e. The van der Waals surface area contributed by atoms with Gasteiger partial charge in [-0.25, -0.2) is 4.39 Å². The molecule has 0 saturated heterocycles.